The van der Waals surface area contributed by atoms with E-state index < -0.39 is 0 Å². The number of nitrogens with zero attached hydrogens (tertiary/aromatic N) is 9. The van der Waals surface area contributed by atoms with Crippen LogP contribution in [0.15, 0.2) is 30.7 Å². The van der Waals surface area contributed by atoms with Crippen molar-refractivity contribution in [3.63, 3.8) is 0 Å². The molecule has 3 aromatic rings. The molecule has 3 aromatic heterocycles. The molecule has 5 heterocycles. The van der Waals surface area contributed by atoms with E-state index in [1.165, 1.54) is 0 Å². The Bertz CT molecular complexity index is 1020. The quantitative estimate of drug-likeness (QED) is 0.639. The Hall–Kier alpha value is -3.07. The topological polar surface area (TPSA) is 77.4 Å². The highest BCUT2D eigenvalue weighted by Gasteiger charge is 2.23. The standard InChI is InChI=1S/C21H27N9/c1-16-25-18(28-8-6-27(2)7-9-28)14-19(26-16)29-10-12-30(13-11-29)21-17-4-3-5-22-20(17)23-15-24-21/h3-5,14-15H,6-13H2,1-2H3. The molecule has 0 aliphatic carbocycles. The second-order valence-corrected chi connectivity index (χ2v) is 7.97. The van der Waals surface area contributed by atoms with Gasteiger partial charge >= 0.3 is 0 Å². The molecule has 2 aliphatic rings. The van der Waals surface area contributed by atoms with E-state index in [4.69, 9.17) is 9.97 Å². The van der Waals surface area contributed by atoms with Crippen LogP contribution in [-0.2, 0) is 0 Å². The maximum absolute atomic E-state index is 4.74. The third-order valence-electron chi connectivity index (χ3n) is 5.93. The molecule has 2 saturated heterocycles. The van der Waals surface area contributed by atoms with Crippen molar-refractivity contribution in [3.05, 3.63) is 36.5 Å². The Morgan fingerprint density at radius 3 is 2.10 bits per heavy atom. The molecule has 2 fully saturated rings. The lowest BCUT2D eigenvalue weighted by atomic mass is 10.2. The Labute approximate surface area is 176 Å². The van der Waals surface area contributed by atoms with Crippen molar-refractivity contribution in [1.29, 1.82) is 0 Å². The van der Waals surface area contributed by atoms with Crippen LogP contribution in [0.25, 0.3) is 11.0 Å². The maximum Gasteiger partial charge on any atom is 0.164 e. The van der Waals surface area contributed by atoms with E-state index in [2.05, 4.69) is 47.7 Å². The third-order valence-corrected chi connectivity index (χ3v) is 5.93. The van der Waals surface area contributed by atoms with E-state index >= 15 is 0 Å². The van der Waals surface area contributed by atoms with Crippen LogP contribution in [0.1, 0.15) is 5.82 Å². The molecule has 0 radical (unpaired) electrons. The summed E-state index contributed by atoms with van der Waals surface area (Å²) in [6.07, 6.45) is 3.37. The van der Waals surface area contributed by atoms with Crippen LogP contribution in [0.4, 0.5) is 17.5 Å². The number of aryl methyl sites for hydroxylation is 1. The van der Waals surface area contributed by atoms with Crippen LogP contribution in [0.5, 0.6) is 0 Å². The van der Waals surface area contributed by atoms with Crippen LogP contribution in [0.3, 0.4) is 0 Å². The van der Waals surface area contributed by atoms with Gasteiger partial charge in [0, 0.05) is 64.6 Å². The molecule has 0 saturated carbocycles. The van der Waals surface area contributed by atoms with Gasteiger partial charge in [0.05, 0.1) is 5.39 Å². The smallest absolute Gasteiger partial charge is 0.164 e. The van der Waals surface area contributed by atoms with Crippen molar-refractivity contribution in [3.8, 4) is 0 Å². The van der Waals surface area contributed by atoms with Gasteiger partial charge in [0.25, 0.3) is 0 Å². The Balaban J connectivity index is 1.32. The lowest BCUT2D eigenvalue weighted by Crippen LogP contribution is -2.47. The minimum Gasteiger partial charge on any atom is -0.354 e. The van der Waals surface area contributed by atoms with E-state index in [1.54, 1.807) is 12.5 Å². The predicted octanol–water partition coefficient (Wildman–Crippen LogP) is 1.20. The summed E-state index contributed by atoms with van der Waals surface area (Å²) < 4.78 is 0. The average molecular weight is 406 g/mol. The van der Waals surface area contributed by atoms with E-state index in [0.717, 1.165) is 86.7 Å². The van der Waals surface area contributed by atoms with E-state index in [-0.39, 0.29) is 0 Å². The van der Waals surface area contributed by atoms with Crippen LogP contribution in [-0.4, -0.2) is 89.2 Å². The number of piperazine rings is 2. The molecule has 0 atom stereocenters. The van der Waals surface area contributed by atoms with Gasteiger partial charge < -0.3 is 19.6 Å². The molecule has 9 heteroatoms. The van der Waals surface area contributed by atoms with Gasteiger partial charge in [-0.1, -0.05) is 0 Å². The van der Waals surface area contributed by atoms with Crippen molar-refractivity contribution < 1.29 is 0 Å². The van der Waals surface area contributed by atoms with Crippen molar-refractivity contribution in [2.75, 3.05) is 74.1 Å². The van der Waals surface area contributed by atoms with Crippen LogP contribution in [0, 0.1) is 6.92 Å². The zero-order valence-electron chi connectivity index (χ0n) is 17.6. The Kier molecular flexibility index (Phi) is 5.04. The van der Waals surface area contributed by atoms with Gasteiger partial charge in [0.2, 0.25) is 0 Å². The molecule has 0 spiro atoms. The summed E-state index contributed by atoms with van der Waals surface area (Å²) in [5, 5.41) is 1.00. The molecule has 5 rings (SSSR count). The fourth-order valence-corrected chi connectivity index (χ4v) is 4.18. The molecule has 0 unspecified atom stereocenters. The number of likely N-dealkylation sites (N-methyl/N-ethyl adjacent to an activating group) is 1. The number of rotatable bonds is 3. The molecule has 9 nitrogen and oxygen atoms in total. The molecular weight excluding hydrogens is 378 g/mol. The highest BCUT2D eigenvalue weighted by atomic mass is 15.3. The maximum atomic E-state index is 4.74. The largest absolute Gasteiger partial charge is 0.354 e. The van der Waals surface area contributed by atoms with Crippen LogP contribution < -0.4 is 14.7 Å². The minimum atomic E-state index is 0.744. The number of hydrogen-bond donors (Lipinski definition) is 0. The van der Waals surface area contributed by atoms with Gasteiger partial charge in [-0.15, -0.1) is 0 Å². The van der Waals surface area contributed by atoms with Gasteiger partial charge in [-0.05, 0) is 26.1 Å². The first-order valence-corrected chi connectivity index (χ1v) is 10.5. The van der Waals surface area contributed by atoms with Crippen molar-refractivity contribution in [2.24, 2.45) is 0 Å². The first kappa shape index (κ1) is 18.9. The van der Waals surface area contributed by atoms with Gasteiger partial charge in [-0.2, -0.15) is 0 Å². The SMILES string of the molecule is Cc1nc(N2CCN(C)CC2)cc(N2CCN(c3ncnc4ncccc34)CC2)n1. The normalized spacial score (nSPS) is 18.3. The van der Waals surface area contributed by atoms with Gasteiger partial charge in [0.1, 0.15) is 29.6 Å². The second-order valence-electron chi connectivity index (χ2n) is 7.97. The molecule has 0 N–H and O–H groups in total. The Morgan fingerprint density at radius 2 is 1.40 bits per heavy atom. The third kappa shape index (κ3) is 3.72. The Morgan fingerprint density at radius 1 is 0.767 bits per heavy atom. The van der Waals surface area contributed by atoms with E-state index in [1.807, 2.05) is 19.1 Å². The van der Waals surface area contributed by atoms with Crippen molar-refractivity contribution in [2.45, 2.75) is 6.92 Å². The summed E-state index contributed by atoms with van der Waals surface area (Å²) in [6, 6.07) is 6.13. The summed E-state index contributed by atoms with van der Waals surface area (Å²) in [5.74, 6) is 3.85. The summed E-state index contributed by atoms with van der Waals surface area (Å²) in [5.41, 5.74) is 0.744. The summed E-state index contributed by atoms with van der Waals surface area (Å²) in [4.78, 5) is 32.0. The molecule has 30 heavy (non-hydrogen) atoms. The molecular formula is C21H27N9. The minimum absolute atomic E-state index is 0.744. The first-order valence-electron chi connectivity index (χ1n) is 10.5. The molecule has 0 aromatic carbocycles. The second kappa shape index (κ2) is 7.98. The molecule has 2 aliphatic heterocycles. The molecule has 156 valence electrons. The molecule has 0 bridgehead atoms. The van der Waals surface area contributed by atoms with Crippen LogP contribution >= 0.6 is 0 Å². The van der Waals surface area contributed by atoms with Crippen LogP contribution in [0.2, 0.25) is 0 Å². The number of anilines is 3. The zero-order chi connectivity index (χ0) is 20.5. The number of hydrogen-bond acceptors (Lipinski definition) is 9. The fourth-order valence-electron chi connectivity index (χ4n) is 4.18. The highest BCUT2D eigenvalue weighted by Crippen LogP contribution is 2.25. The van der Waals surface area contributed by atoms with E-state index in [9.17, 15) is 0 Å². The number of pyridine rings is 1. The molecule has 0 amide bonds. The summed E-state index contributed by atoms with van der Waals surface area (Å²) in [6.45, 7) is 9.69. The monoisotopic (exact) mass is 405 g/mol. The van der Waals surface area contributed by atoms with Gasteiger partial charge in [0.15, 0.2) is 5.65 Å². The zero-order valence-corrected chi connectivity index (χ0v) is 17.6. The van der Waals surface area contributed by atoms with Crippen molar-refractivity contribution in [1.82, 2.24) is 29.8 Å². The summed E-state index contributed by atoms with van der Waals surface area (Å²) >= 11 is 0. The lowest BCUT2D eigenvalue weighted by molar-refractivity contribution is 0.312. The predicted molar refractivity (Wildman–Crippen MR) is 118 cm³/mol. The highest BCUT2D eigenvalue weighted by molar-refractivity contribution is 5.86. The lowest BCUT2D eigenvalue weighted by Gasteiger charge is -2.37. The number of fused-ring (bicyclic) bond motifs is 1. The number of aromatic nitrogens is 5. The van der Waals surface area contributed by atoms with Gasteiger partial charge in [-0.25, -0.2) is 24.9 Å². The van der Waals surface area contributed by atoms with Gasteiger partial charge in [-0.3, -0.25) is 0 Å². The summed E-state index contributed by atoms with van der Waals surface area (Å²) in [7, 11) is 2.17. The average Bonchev–Trinajstić information content (AvgIpc) is 2.79. The fraction of sp³-hybridized carbons (Fsp3) is 0.476. The van der Waals surface area contributed by atoms with Crippen molar-refractivity contribution >= 4 is 28.5 Å². The first-order chi connectivity index (χ1) is 14.7. The van der Waals surface area contributed by atoms with E-state index in [0.29, 0.717) is 0 Å².